The van der Waals surface area contributed by atoms with Gasteiger partial charge in [0.1, 0.15) is 0 Å². The van der Waals surface area contributed by atoms with E-state index in [0.29, 0.717) is 4.90 Å². The molecule has 0 saturated heterocycles. The number of halogens is 1. The van der Waals surface area contributed by atoms with E-state index in [0.717, 1.165) is 0 Å². The van der Waals surface area contributed by atoms with Gasteiger partial charge in [-0.25, -0.2) is 9.29 Å². The van der Waals surface area contributed by atoms with Gasteiger partial charge in [-0.1, -0.05) is 12.1 Å². The van der Waals surface area contributed by atoms with Crippen LogP contribution in [0.5, 0.6) is 0 Å². The summed E-state index contributed by atoms with van der Waals surface area (Å²) in [5.41, 5.74) is 0.543. The lowest BCUT2D eigenvalue weighted by atomic mass is 10.1. The maximum atomic E-state index is 13.6. The molecule has 1 aliphatic heterocycles. The van der Waals surface area contributed by atoms with Gasteiger partial charge in [0.25, 0.3) is 11.8 Å². The van der Waals surface area contributed by atoms with Crippen molar-refractivity contribution in [1.29, 1.82) is 0 Å². The second kappa shape index (κ2) is 2.89. The van der Waals surface area contributed by atoms with Gasteiger partial charge in [-0.05, 0) is 26.0 Å². The first-order valence-corrected chi connectivity index (χ1v) is 4.60. The highest BCUT2D eigenvalue weighted by Gasteiger charge is 2.44. The molecule has 0 unspecified atom stereocenters. The minimum atomic E-state index is -1.97. The van der Waals surface area contributed by atoms with Crippen LogP contribution in [0, 0.1) is 0 Å². The van der Waals surface area contributed by atoms with E-state index in [1.54, 1.807) is 12.1 Å². The SMILES string of the molecule is CC(C)(F)N1C(=O)c2ccccc2C1=O. The number of benzene rings is 1. The Labute approximate surface area is 86.5 Å². The first-order chi connectivity index (χ1) is 6.93. The summed E-state index contributed by atoms with van der Waals surface area (Å²) in [6, 6.07) is 6.36. The molecule has 0 fully saturated rings. The third-order valence-electron chi connectivity index (χ3n) is 2.33. The van der Waals surface area contributed by atoms with Crippen LogP contribution in [0.25, 0.3) is 0 Å². The number of imide groups is 1. The quantitative estimate of drug-likeness (QED) is 0.521. The molecule has 0 aliphatic carbocycles. The zero-order valence-corrected chi connectivity index (χ0v) is 8.45. The maximum absolute atomic E-state index is 13.6. The van der Waals surface area contributed by atoms with E-state index in [2.05, 4.69) is 0 Å². The fraction of sp³-hybridized carbons (Fsp3) is 0.273. The predicted octanol–water partition coefficient (Wildman–Crippen LogP) is 1.99. The van der Waals surface area contributed by atoms with Gasteiger partial charge < -0.3 is 0 Å². The van der Waals surface area contributed by atoms with Crippen LogP contribution in [0.2, 0.25) is 0 Å². The molecule has 1 aliphatic rings. The van der Waals surface area contributed by atoms with E-state index in [9.17, 15) is 14.0 Å². The Morgan fingerprint density at radius 3 is 1.80 bits per heavy atom. The van der Waals surface area contributed by atoms with Crippen molar-refractivity contribution < 1.29 is 14.0 Å². The molecular formula is C11H10FNO2. The average Bonchev–Trinajstić information content (AvgIpc) is 2.39. The van der Waals surface area contributed by atoms with E-state index >= 15 is 0 Å². The van der Waals surface area contributed by atoms with E-state index in [1.807, 2.05) is 0 Å². The Balaban J connectivity index is 2.55. The first-order valence-electron chi connectivity index (χ1n) is 4.60. The lowest BCUT2D eigenvalue weighted by Crippen LogP contribution is -2.44. The van der Waals surface area contributed by atoms with Crippen molar-refractivity contribution >= 4 is 11.8 Å². The highest BCUT2D eigenvalue weighted by atomic mass is 19.1. The van der Waals surface area contributed by atoms with Gasteiger partial charge in [-0.3, -0.25) is 9.59 Å². The molecule has 0 spiro atoms. The zero-order valence-electron chi connectivity index (χ0n) is 8.45. The van der Waals surface area contributed by atoms with Crippen LogP contribution >= 0.6 is 0 Å². The van der Waals surface area contributed by atoms with Crippen molar-refractivity contribution in [2.45, 2.75) is 19.6 Å². The monoisotopic (exact) mass is 207 g/mol. The predicted molar refractivity (Wildman–Crippen MR) is 52.1 cm³/mol. The van der Waals surface area contributed by atoms with Crippen LogP contribution in [0.4, 0.5) is 4.39 Å². The molecule has 78 valence electrons. The number of hydrogen-bond donors (Lipinski definition) is 0. The fourth-order valence-electron chi connectivity index (χ4n) is 1.67. The molecule has 2 amide bonds. The van der Waals surface area contributed by atoms with E-state index in [4.69, 9.17) is 0 Å². The minimum absolute atomic E-state index is 0.272. The normalized spacial score (nSPS) is 15.8. The van der Waals surface area contributed by atoms with Crippen LogP contribution in [-0.2, 0) is 0 Å². The van der Waals surface area contributed by atoms with Gasteiger partial charge in [0, 0.05) is 0 Å². The average molecular weight is 207 g/mol. The summed E-state index contributed by atoms with van der Waals surface area (Å²) >= 11 is 0. The lowest BCUT2D eigenvalue weighted by Gasteiger charge is -2.25. The number of rotatable bonds is 1. The Hall–Kier alpha value is -1.71. The summed E-state index contributed by atoms with van der Waals surface area (Å²) in [4.78, 5) is 24.1. The van der Waals surface area contributed by atoms with Gasteiger partial charge in [0.05, 0.1) is 11.1 Å². The molecule has 0 N–H and O–H groups in total. The second-order valence-electron chi connectivity index (χ2n) is 3.90. The maximum Gasteiger partial charge on any atom is 0.264 e. The van der Waals surface area contributed by atoms with Crippen molar-refractivity contribution in [3.05, 3.63) is 35.4 Å². The van der Waals surface area contributed by atoms with Gasteiger partial charge in [0.15, 0.2) is 5.79 Å². The van der Waals surface area contributed by atoms with E-state index in [1.165, 1.54) is 26.0 Å². The Kier molecular flexibility index (Phi) is 1.89. The first kappa shape index (κ1) is 9.83. The molecule has 0 saturated carbocycles. The van der Waals surface area contributed by atoms with Crippen molar-refractivity contribution in [2.24, 2.45) is 0 Å². The van der Waals surface area contributed by atoms with E-state index < -0.39 is 17.6 Å². The van der Waals surface area contributed by atoms with E-state index in [-0.39, 0.29) is 11.1 Å². The summed E-state index contributed by atoms with van der Waals surface area (Å²) in [6.45, 7) is 2.38. The van der Waals surface area contributed by atoms with Crippen LogP contribution in [0.3, 0.4) is 0 Å². The third kappa shape index (κ3) is 1.33. The molecule has 0 bridgehead atoms. The summed E-state index contributed by atoms with van der Waals surface area (Å²) in [5, 5.41) is 0. The lowest BCUT2D eigenvalue weighted by molar-refractivity contribution is 0.0123. The number of carbonyl (C=O) groups is 2. The topological polar surface area (TPSA) is 37.4 Å². The molecule has 15 heavy (non-hydrogen) atoms. The van der Waals surface area contributed by atoms with Gasteiger partial charge in [-0.15, -0.1) is 0 Å². The molecule has 0 atom stereocenters. The van der Waals surface area contributed by atoms with Gasteiger partial charge in [-0.2, -0.15) is 0 Å². The largest absolute Gasteiger partial charge is 0.268 e. The van der Waals surface area contributed by atoms with Crippen molar-refractivity contribution in [3.63, 3.8) is 0 Å². The molecule has 4 heteroatoms. The Bertz CT molecular complexity index is 413. The van der Waals surface area contributed by atoms with Gasteiger partial charge in [0.2, 0.25) is 0 Å². The molecule has 3 nitrogen and oxygen atoms in total. The summed E-state index contributed by atoms with van der Waals surface area (Å²) in [5.74, 6) is -3.10. The standard InChI is InChI=1S/C11H10FNO2/c1-11(2,12)13-9(14)7-5-3-4-6-8(7)10(13)15/h3-6H,1-2H3. The third-order valence-corrected chi connectivity index (χ3v) is 2.33. The molecule has 1 aromatic carbocycles. The van der Waals surface area contributed by atoms with Crippen LogP contribution in [0.1, 0.15) is 34.6 Å². The fourth-order valence-corrected chi connectivity index (χ4v) is 1.67. The number of nitrogens with zero attached hydrogens (tertiary/aromatic N) is 1. The number of carbonyl (C=O) groups excluding carboxylic acids is 2. The van der Waals surface area contributed by atoms with Crippen molar-refractivity contribution in [1.82, 2.24) is 4.90 Å². The summed E-state index contributed by atoms with van der Waals surface area (Å²) in [7, 11) is 0. The smallest absolute Gasteiger partial charge is 0.264 e. The highest BCUT2D eigenvalue weighted by Crippen LogP contribution is 2.29. The van der Waals surface area contributed by atoms with Crippen molar-refractivity contribution in [2.75, 3.05) is 0 Å². The number of hydrogen-bond acceptors (Lipinski definition) is 2. The van der Waals surface area contributed by atoms with Crippen molar-refractivity contribution in [3.8, 4) is 0 Å². The number of amides is 2. The second-order valence-corrected chi connectivity index (χ2v) is 3.90. The molecule has 1 aromatic rings. The summed E-state index contributed by atoms with van der Waals surface area (Å²) < 4.78 is 13.6. The molecule has 0 aromatic heterocycles. The molecular weight excluding hydrogens is 197 g/mol. The molecule has 1 heterocycles. The van der Waals surface area contributed by atoms with Crippen LogP contribution < -0.4 is 0 Å². The van der Waals surface area contributed by atoms with Gasteiger partial charge >= 0.3 is 0 Å². The zero-order chi connectivity index (χ0) is 11.2. The number of alkyl halides is 1. The highest BCUT2D eigenvalue weighted by molar-refractivity contribution is 6.21. The van der Waals surface area contributed by atoms with Crippen LogP contribution in [0.15, 0.2) is 24.3 Å². The molecule has 2 rings (SSSR count). The summed E-state index contributed by atoms with van der Waals surface area (Å²) in [6.07, 6.45) is 0. The number of fused-ring (bicyclic) bond motifs is 1. The minimum Gasteiger partial charge on any atom is -0.268 e. The Morgan fingerprint density at radius 1 is 1.07 bits per heavy atom. The molecule has 0 radical (unpaired) electrons. The Morgan fingerprint density at radius 2 is 1.47 bits per heavy atom. The van der Waals surface area contributed by atoms with Crippen LogP contribution in [-0.4, -0.2) is 22.5 Å².